The smallest absolute Gasteiger partial charge is 0.225 e. The Balaban J connectivity index is 1.42. The zero-order valence-corrected chi connectivity index (χ0v) is 20.2. The molecule has 9 heteroatoms. The van der Waals surface area contributed by atoms with Crippen LogP contribution in [0.15, 0.2) is 53.7 Å². The fourth-order valence-electron chi connectivity index (χ4n) is 3.88. The summed E-state index contributed by atoms with van der Waals surface area (Å²) in [4.78, 5) is 15.0. The van der Waals surface area contributed by atoms with Gasteiger partial charge >= 0.3 is 0 Å². The van der Waals surface area contributed by atoms with Gasteiger partial charge in [-0.3, -0.25) is 14.3 Å². The van der Waals surface area contributed by atoms with E-state index in [0.717, 1.165) is 36.3 Å². The molecule has 2 aromatic carbocycles. The number of nitrogens with one attached hydrogen (secondary N) is 1. The van der Waals surface area contributed by atoms with Crippen molar-refractivity contribution in [2.45, 2.75) is 37.4 Å². The van der Waals surface area contributed by atoms with E-state index in [-0.39, 0.29) is 5.91 Å². The molecule has 0 bridgehead atoms. The lowest BCUT2D eigenvalue weighted by molar-refractivity contribution is -0.115. The molecule has 1 N–H and O–H groups in total. The van der Waals surface area contributed by atoms with Crippen molar-refractivity contribution >= 4 is 35.0 Å². The highest BCUT2D eigenvalue weighted by Gasteiger charge is 2.19. The first-order chi connectivity index (χ1) is 16.1. The standard InChI is InChI=1S/C24H28ClN5O2S/c1-32-21-11-10-18(25)16-20(21)26-23(31)12-15-33-24-28-27-22(17-29-13-6-3-7-14-29)30(24)19-8-4-2-5-9-19/h2,4-5,8-11,16H,3,6-7,12-15,17H2,1H3,(H,26,31). The topological polar surface area (TPSA) is 72.3 Å². The fraction of sp³-hybridized carbons (Fsp3) is 0.375. The maximum atomic E-state index is 12.5. The fourth-order valence-corrected chi connectivity index (χ4v) is 4.96. The second-order valence-corrected chi connectivity index (χ2v) is 9.40. The number of ether oxygens (including phenoxy) is 1. The Kier molecular flexibility index (Phi) is 8.25. The summed E-state index contributed by atoms with van der Waals surface area (Å²) in [5, 5.41) is 13.2. The maximum Gasteiger partial charge on any atom is 0.225 e. The van der Waals surface area contributed by atoms with Gasteiger partial charge in [-0.2, -0.15) is 0 Å². The number of thioether (sulfide) groups is 1. The third-order valence-electron chi connectivity index (χ3n) is 5.52. The lowest BCUT2D eigenvalue weighted by atomic mass is 10.1. The summed E-state index contributed by atoms with van der Waals surface area (Å²) < 4.78 is 7.41. The number of methoxy groups -OCH3 is 1. The number of aromatic nitrogens is 3. The number of halogens is 1. The van der Waals surface area contributed by atoms with E-state index in [9.17, 15) is 4.79 Å². The van der Waals surface area contributed by atoms with E-state index < -0.39 is 0 Å². The van der Waals surface area contributed by atoms with Crippen molar-refractivity contribution in [3.05, 3.63) is 59.4 Å². The van der Waals surface area contributed by atoms with Crippen LogP contribution in [0.5, 0.6) is 5.75 Å². The maximum absolute atomic E-state index is 12.5. The van der Waals surface area contributed by atoms with Gasteiger partial charge in [-0.05, 0) is 56.3 Å². The molecular weight excluding hydrogens is 458 g/mol. The van der Waals surface area contributed by atoms with E-state index in [4.69, 9.17) is 16.3 Å². The second kappa shape index (κ2) is 11.5. The van der Waals surface area contributed by atoms with Crippen LogP contribution in [0, 0.1) is 0 Å². The highest BCUT2D eigenvalue weighted by atomic mass is 35.5. The van der Waals surface area contributed by atoms with E-state index in [0.29, 0.717) is 28.6 Å². The van der Waals surface area contributed by atoms with Crippen molar-refractivity contribution in [1.82, 2.24) is 19.7 Å². The number of carbonyl (C=O) groups excluding carboxylic acids is 1. The van der Waals surface area contributed by atoms with E-state index in [1.807, 2.05) is 18.2 Å². The first-order valence-electron chi connectivity index (χ1n) is 11.1. The number of carbonyl (C=O) groups is 1. The molecule has 33 heavy (non-hydrogen) atoms. The molecule has 0 atom stereocenters. The van der Waals surface area contributed by atoms with Crippen molar-refractivity contribution in [1.29, 1.82) is 0 Å². The van der Waals surface area contributed by atoms with Crippen LogP contribution in [0.3, 0.4) is 0 Å². The number of nitrogens with zero attached hydrogens (tertiary/aromatic N) is 4. The molecule has 1 saturated heterocycles. The second-order valence-electron chi connectivity index (χ2n) is 7.90. The number of hydrogen-bond acceptors (Lipinski definition) is 6. The molecule has 0 spiro atoms. The minimum Gasteiger partial charge on any atom is -0.495 e. The number of hydrogen-bond donors (Lipinski definition) is 1. The molecule has 1 aliphatic heterocycles. The number of para-hydroxylation sites is 1. The molecule has 0 unspecified atom stereocenters. The van der Waals surface area contributed by atoms with E-state index >= 15 is 0 Å². The van der Waals surface area contributed by atoms with Gasteiger partial charge in [-0.15, -0.1) is 10.2 Å². The Morgan fingerprint density at radius 2 is 1.91 bits per heavy atom. The predicted molar refractivity (Wildman–Crippen MR) is 132 cm³/mol. The normalized spacial score (nSPS) is 14.2. The lowest BCUT2D eigenvalue weighted by Crippen LogP contribution is -2.30. The first-order valence-corrected chi connectivity index (χ1v) is 12.5. The van der Waals surface area contributed by atoms with Gasteiger partial charge < -0.3 is 10.1 Å². The summed E-state index contributed by atoms with van der Waals surface area (Å²) in [6, 6.07) is 15.3. The van der Waals surface area contributed by atoms with Crippen LogP contribution in [-0.2, 0) is 11.3 Å². The van der Waals surface area contributed by atoms with Crippen LogP contribution in [0.25, 0.3) is 5.69 Å². The zero-order chi connectivity index (χ0) is 23.0. The van der Waals surface area contributed by atoms with Gasteiger partial charge in [0.15, 0.2) is 11.0 Å². The largest absolute Gasteiger partial charge is 0.495 e. The van der Waals surface area contributed by atoms with Crippen LogP contribution < -0.4 is 10.1 Å². The van der Waals surface area contributed by atoms with Crippen LogP contribution >= 0.6 is 23.4 Å². The molecule has 1 aromatic heterocycles. The minimum absolute atomic E-state index is 0.109. The lowest BCUT2D eigenvalue weighted by Gasteiger charge is -2.26. The zero-order valence-electron chi connectivity index (χ0n) is 18.7. The molecule has 7 nitrogen and oxygen atoms in total. The Morgan fingerprint density at radius 3 is 2.67 bits per heavy atom. The van der Waals surface area contributed by atoms with Crippen molar-refractivity contribution in [3.63, 3.8) is 0 Å². The molecule has 4 rings (SSSR count). The van der Waals surface area contributed by atoms with E-state index in [1.54, 1.807) is 25.3 Å². The van der Waals surface area contributed by atoms with Gasteiger partial charge in [0.1, 0.15) is 5.75 Å². The molecule has 0 saturated carbocycles. The summed E-state index contributed by atoms with van der Waals surface area (Å²) in [5.41, 5.74) is 1.60. The first kappa shape index (κ1) is 23.6. The Bertz CT molecular complexity index is 1070. The van der Waals surface area contributed by atoms with Crippen LogP contribution in [0.4, 0.5) is 5.69 Å². The highest BCUT2D eigenvalue weighted by molar-refractivity contribution is 7.99. The third kappa shape index (κ3) is 6.28. The number of rotatable bonds is 9. The molecule has 2 heterocycles. The highest BCUT2D eigenvalue weighted by Crippen LogP contribution is 2.28. The van der Waals surface area contributed by atoms with Crippen LogP contribution in [-0.4, -0.2) is 51.5 Å². The van der Waals surface area contributed by atoms with Gasteiger partial charge in [0.05, 0.1) is 19.3 Å². The number of piperidine rings is 1. The quantitative estimate of drug-likeness (QED) is 0.428. The molecular formula is C24H28ClN5O2S. The van der Waals surface area contributed by atoms with Crippen LogP contribution in [0.2, 0.25) is 5.02 Å². The summed E-state index contributed by atoms with van der Waals surface area (Å²) in [6.07, 6.45) is 4.08. The number of benzene rings is 2. The molecule has 0 aliphatic carbocycles. The average molecular weight is 486 g/mol. The van der Waals surface area contributed by atoms with Gasteiger partial charge in [0.2, 0.25) is 5.91 Å². The van der Waals surface area contributed by atoms with Gasteiger partial charge in [-0.1, -0.05) is 48.0 Å². The van der Waals surface area contributed by atoms with Crippen molar-refractivity contribution in [2.75, 3.05) is 31.3 Å². The number of likely N-dealkylation sites (tertiary alicyclic amines) is 1. The molecule has 1 aliphatic rings. The van der Waals surface area contributed by atoms with Gasteiger partial charge in [0.25, 0.3) is 0 Å². The van der Waals surface area contributed by atoms with Gasteiger partial charge in [0, 0.05) is 22.9 Å². The molecule has 1 fully saturated rings. The SMILES string of the molecule is COc1ccc(Cl)cc1NC(=O)CCSc1nnc(CN2CCCCC2)n1-c1ccccc1. The average Bonchev–Trinajstić information content (AvgIpc) is 3.22. The molecule has 3 aromatic rings. The minimum atomic E-state index is -0.109. The third-order valence-corrected chi connectivity index (χ3v) is 6.69. The van der Waals surface area contributed by atoms with E-state index in [2.05, 4.69) is 37.1 Å². The number of anilines is 1. The molecule has 174 valence electrons. The summed E-state index contributed by atoms with van der Waals surface area (Å²) in [6.45, 7) is 2.96. The number of amides is 1. The van der Waals surface area contributed by atoms with Crippen molar-refractivity contribution in [2.24, 2.45) is 0 Å². The summed E-state index contributed by atoms with van der Waals surface area (Å²) in [5.74, 6) is 1.97. The van der Waals surface area contributed by atoms with Crippen molar-refractivity contribution in [3.8, 4) is 11.4 Å². The predicted octanol–water partition coefficient (Wildman–Crippen LogP) is 5.04. The summed E-state index contributed by atoms with van der Waals surface area (Å²) >= 11 is 7.59. The Hall–Kier alpha value is -2.55. The summed E-state index contributed by atoms with van der Waals surface area (Å²) in [7, 11) is 1.56. The molecule has 1 amide bonds. The molecule has 0 radical (unpaired) electrons. The van der Waals surface area contributed by atoms with Gasteiger partial charge in [-0.25, -0.2) is 0 Å². The van der Waals surface area contributed by atoms with Crippen LogP contribution in [0.1, 0.15) is 31.5 Å². The Morgan fingerprint density at radius 1 is 1.12 bits per heavy atom. The van der Waals surface area contributed by atoms with Crippen molar-refractivity contribution < 1.29 is 9.53 Å². The Labute approximate surface area is 203 Å². The monoisotopic (exact) mass is 485 g/mol. The van der Waals surface area contributed by atoms with E-state index in [1.165, 1.54) is 31.0 Å².